The molecule has 4 rings (SSSR count). The maximum atomic E-state index is 12.0. The molecule has 0 N–H and O–H groups in total. The molecule has 0 aromatic heterocycles. The van der Waals surface area contributed by atoms with Gasteiger partial charge in [-0.25, -0.2) is 0 Å². The van der Waals surface area contributed by atoms with Crippen molar-refractivity contribution in [2.45, 2.75) is 51.9 Å². The molecule has 0 spiro atoms. The first-order valence-electron chi connectivity index (χ1n) is 7.41. The molecule has 0 radical (unpaired) electrons. The minimum absolute atomic E-state index is 0.342. The molecule has 2 bridgehead atoms. The number of hydrogen-bond donors (Lipinski definition) is 0. The fourth-order valence-electron chi connectivity index (χ4n) is 4.46. The van der Waals surface area contributed by atoms with E-state index in [0.29, 0.717) is 11.7 Å². The highest BCUT2D eigenvalue weighted by Gasteiger charge is 2.45. The van der Waals surface area contributed by atoms with Crippen LogP contribution < -0.4 is 0 Å². The SMILES string of the molecule is CC1CC2CC(C1)C2CCC(=O)C1CC=CC1. The van der Waals surface area contributed by atoms with E-state index in [0.717, 1.165) is 42.9 Å². The number of carbonyl (C=O) groups is 1. The number of ketones is 1. The van der Waals surface area contributed by atoms with Gasteiger partial charge in [0.2, 0.25) is 0 Å². The second kappa shape index (κ2) is 4.59. The summed E-state index contributed by atoms with van der Waals surface area (Å²) in [5.41, 5.74) is 0. The van der Waals surface area contributed by atoms with Gasteiger partial charge >= 0.3 is 0 Å². The Morgan fingerprint density at radius 3 is 2.41 bits per heavy atom. The molecule has 0 aromatic rings. The number of carbonyl (C=O) groups excluding carboxylic acids is 1. The highest BCUT2D eigenvalue weighted by molar-refractivity contribution is 5.81. The van der Waals surface area contributed by atoms with Crippen LogP contribution in [-0.4, -0.2) is 5.78 Å². The van der Waals surface area contributed by atoms with Crippen molar-refractivity contribution in [1.29, 1.82) is 0 Å². The van der Waals surface area contributed by atoms with Gasteiger partial charge in [0.05, 0.1) is 0 Å². The standard InChI is InChI=1S/C16H24O/c1-11-8-13-10-14(9-11)15(13)6-7-16(17)12-4-2-3-5-12/h2-3,11-15H,4-10H2,1H3. The van der Waals surface area contributed by atoms with Crippen molar-refractivity contribution in [2.24, 2.45) is 29.6 Å². The fraction of sp³-hybridized carbons (Fsp3) is 0.812. The van der Waals surface area contributed by atoms with Crippen LogP contribution in [-0.2, 0) is 4.79 Å². The van der Waals surface area contributed by atoms with Crippen LogP contribution in [0.4, 0.5) is 0 Å². The topological polar surface area (TPSA) is 17.1 Å². The number of rotatable bonds is 4. The first-order valence-corrected chi connectivity index (χ1v) is 7.41. The molecular formula is C16H24O. The normalized spacial score (nSPS) is 40.3. The van der Waals surface area contributed by atoms with Crippen molar-refractivity contribution < 1.29 is 4.79 Å². The Balaban J connectivity index is 1.44. The molecule has 2 unspecified atom stereocenters. The third kappa shape index (κ3) is 2.21. The molecule has 3 fully saturated rings. The second-order valence-corrected chi connectivity index (χ2v) is 6.64. The number of allylic oxidation sites excluding steroid dienone is 2. The molecule has 4 aliphatic rings. The van der Waals surface area contributed by atoms with Gasteiger partial charge in [0.25, 0.3) is 0 Å². The van der Waals surface area contributed by atoms with Crippen LogP contribution in [0.2, 0.25) is 0 Å². The molecule has 0 aliphatic heterocycles. The first-order chi connectivity index (χ1) is 8.24. The van der Waals surface area contributed by atoms with Gasteiger partial charge in [0.15, 0.2) is 0 Å². The lowest BCUT2D eigenvalue weighted by molar-refractivity contribution is -0.123. The molecule has 1 nitrogen and oxygen atoms in total. The Hall–Kier alpha value is -0.590. The van der Waals surface area contributed by atoms with E-state index < -0.39 is 0 Å². The molecule has 2 atom stereocenters. The molecule has 3 saturated carbocycles. The number of fused-ring (bicyclic) bond motifs is 2. The third-order valence-corrected chi connectivity index (χ3v) is 5.41. The van der Waals surface area contributed by atoms with Gasteiger partial charge in [0, 0.05) is 12.3 Å². The Kier molecular flexibility index (Phi) is 3.10. The van der Waals surface area contributed by atoms with Crippen LogP contribution in [0.25, 0.3) is 0 Å². The van der Waals surface area contributed by atoms with E-state index in [2.05, 4.69) is 19.1 Å². The zero-order chi connectivity index (χ0) is 11.8. The van der Waals surface area contributed by atoms with Gasteiger partial charge in [-0.2, -0.15) is 0 Å². The first kappa shape index (κ1) is 11.5. The summed E-state index contributed by atoms with van der Waals surface area (Å²) in [6.07, 6.45) is 12.7. The molecule has 0 saturated heterocycles. The number of Topliss-reactive ketones (excluding diaryl/α,β-unsaturated/α-hetero) is 1. The maximum Gasteiger partial charge on any atom is 0.136 e. The van der Waals surface area contributed by atoms with Crippen molar-refractivity contribution >= 4 is 5.78 Å². The van der Waals surface area contributed by atoms with Gasteiger partial charge < -0.3 is 0 Å². The highest BCUT2D eigenvalue weighted by Crippen LogP contribution is 2.54. The van der Waals surface area contributed by atoms with Crippen molar-refractivity contribution in [3.8, 4) is 0 Å². The van der Waals surface area contributed by atoms with Crippen LogP contribution in [0.1, 0.15) is 51.9 Å². The molecular weight excluding hydrogens is 208 g/mol. The van der Waals surface area contributed by atoms with E-state index in [1.54, 1.807) is 0 Å². The molecule has 0 aromatic carbocycles. The van der Waals surface area contributed by atoms with E-state index in [1.807, 2.05) is 0 Å². The Morgan fingerprint density at radius 2 is 1.76 bits per heavy atom. The van der Waals surface area contributed by atoms with E-state index in [-0.39, 0.29) is 0 Å². The maximum absolute atomic E-state index is 12.0. The van der Waals surface area contributed by atoms with E-state index in [4.69, 9.17) is 0 Å². The van der Waals surface area contributed by atoms with Crippen LogP contribution in [0.3, 0.4) is 0 Å². The lowest BCUT2D eigenvalue weighted by atomic mass is 9.53. The molecule has 94 valence electrons. The summed E-state index contributed by atoms with van der Waals surface area (Å²) in [5.74, 6) is 4.67. The molecule has 0 amide bonds. The zero-order valence-corrected chi connectivity index (χ0v) is 10.9. The van der Waals surface area contributed by atoms with E-state index in [1.165, 1.54) is 25.7 Å². The Morgan fingerprint density at radius 1 is 1.12 bits per heavy atom. The van der Waals surface area contributed by atoms with Gasteiger partial charge in [-0.3, -0.25) is 4.79 Å². The average molecular weight is 232 g/mol. The Labute approximate surface area is 105 Å². The number of hydrogen-bond acceptors (Lipinski definition) is 1. The minimum atomic E-state index is 0.342. The quantitative estimate of drug-likeness (QED) is 0.670. The summed E-state index contributed by atoms with van der Waals surface area (Å²) in [4.78, 5) is 12.0. The smallest absolute Gasteiger partial charge is 0.136 e. The third-order valence-electron chi connectivity index (χ3n) is 5.41. The predicted molar refractivity (Wildman–Crippen MR) is 69.6 cm³/mol. The van der Waals surface area contributed by atoms with Gasteiger partial charge in [-0.15, -0.1) is 0 Å². The van der Waals surface area contributed by atoms with Gasteiger partial charge in [0.1, 0.15) is 5.78 Å². The molecule has 0 heterocycles. The van der Waals surface area contributed by atoms with Crippen LogP contribution in [0, 0.1) is 29.6 Å². The van der Waals surface area contributed by atoms with Crippen molar-refractivity contribution in [2.75, 3.05) is 0 Å². The van der Waals surface area contributed by atoms with Crippen molar-refractivity contribution in [3.63, 3.8) is 0 Å². The summed E-state index contributed by atoms with van der Waals surface area (Å²) in [6, 6.07) is 0. The largest absolute Gasteiger partial charge is 0.299 e. The van der Waals surface area contributed by atoms with Crippen LogP contribution >= 0.6 is 0 Å². The highest BCUT2D eigenvalue weighted by atomic mass is 16.1. The molecule has 17 heavy (non-hydrogen) atoms. The summed E-state index contributed by atoms with van der Waals surface area (Å²) >= 11 is 0. The van der Waals surface area contributed by atoms with E-state index >= 15 is 0 Å². The summed E-state index contributed by atoms with van der Waals surface area (Å²) in [7, 11) is 0. The second-order valence-electron chi connectivity index (χ2n) is 6.64. The van der Waals surface area contributed by atoms with Crippen molar-refractivity contribution in [3.05, 3.63) is 12.2 Å². The Bertz CT molecular complexity index is 310. The molecule has 4 aliphatic carbocycles. The van der Waals surface area contributed by atoms with Crippen LogP contribution in [0.15, 0.2) is 12.2 Å². The van der Waals surface area contributed by atoms with E-state index in [9.17, 15) is 4.79 Å². The van der Waals surface area contributed by atoms with Crippen LogP contribution in [0.5, 0.6) is 0 Å². The monoisotopic (exact) mass is 232 g/mol. The summed E-state index contributed by atoms with van der Waals surface area (Å²) in [6.45, 7) is 2.39. The summed E-state index contributed by atoms with van der Waals surface area (Å²) < 4.78 is 0. The average Bonchev–Trinajstić information content (AvgIpc) is 2.81. The lowest BCUT2D eigenvalue weighted by Gasteiger charge is -2.52. The summed E-state index contributed by atoms with van der Waals surface area (Å²) in [5, 5.41) is 0. The predicted octanol–water partition coefficient (Wildman–Crippen LogP) is 3.98. The fourth-order valence-corrected chi connectivity index (χ4v) is 4.46. The zero-order valence-electron chi connectivity index (χ0n) is 10.9. The van der Waals surface area contributed by atoms with Crippen molar-refractivity contribution in [1.82, 2.24) is 0 Å². The minimum Gasteiger partial charge on any atom is -0.299 e. The van der Waals surface area contributed by atoms with Gasteiger partial charge in [-0.05, 0) is 62.2 Å². The molecule has 1 heteroatoms. The lowest BCUT2D eigenvalue weighted by Crippen LogP contribution is -2.43. The van der Waals surface area contributed by atoms with Gasteiger partial charge in [-0.1, -0.05) is 19.1 Å².